The van der Waals surface area contributed by atoms with Crippen molar-refractivity contribution in [2.75, 3.05) is 34.8 Å². The zero-order chi connectivity index (χ0) is 19.0. The summed E-state index contributed by atoms with van der Waals surface area (Å²) in [6.07, 6.45) is 1.27. The van der Waals surface area contributed by atoms with Crippen LogP contribution >= 0.6 is 11.6 Å². The number of hydrogen-bond acceptors (Lipinski definition) is 3. The predicted molar refractivity (Wildman–Crippen MR) is 109 cm³/mol. The largest absolute Gasteiger partial charge is 0.371 e. The van der Waals surface area contributed by atoms with E-state index < -0.39 is 0 Å². The van der Waals surface area contributed by atoms with Crippen LogP contribution in [0.5, 0.6) is 0 Å². The number of benzene rings is 2. The zero-order valence-electron chi connectivity index (χ0n) is 15.2. The standard InChI is InChI=1S/C21H22ClN3O2/c1-2-24-10-9-14-3-6-17(12-19(14)24)23-21(27)15-11-20(26)25(13-15)18-7-4-16(22)5-8-18/h3-8,12,15H,2,9-11,13H2,1H3,(H,23,27). The molecule has 0 spiro atoms. The Balaban J connectivity index is 1.45. The molecular weight excluding hydrogens is 362 g/mol. The molecule has 1 atom stereocenters. The summed E-state index contributed by atoms with van der Waals surface area (Å²) in [7, 11) is 0. The number of carbonyl (C=O) groups excluding carboxylic acids is 2. The van der Waals surface area contributed by atoms with Crippen molar-refractivity contribution in [1.29, 1.82) is 0 Å². The molecule has 6 heteroatoms. The summed E-state index contributed by atoms with van der Waals surface area (Å²) in [5.74, 6) is -0.506. The lowest BCUT2D eigenvalue weighted by Gasteiger charge is -2.18. The van der Waals surface area contributed by atoms with Gasteiger partial charge in [0.15, 0.2) is 0 Å². The number of hydrogen-bond donors (Lipinski definition) is 1. The van der Waals surface area contributed by atoms with Crippen molar-refractivity contribution in [3.05, 3.63) is 53.1 Å². The molecule has 2 aromatic rings. The van der Waals surface area contributed by atoms with Crippen LogP contribution < -0.4 is 15.1 Å². The van der Waals surface area contributed by atoms with Crippen LogP contribution in [0.3, 0.4) is 0 Å². The molecule has 1 fully saturated rings. The second-order valence-corrected chi connectivity index (χ2v) is 7.48. The SMILES string of the molecule is CCN1CCc2ccc(NC(=O)C3CC(=O)N(c4ccc(Cl)cc4)C3)cc21. The molecule has 0 aliphatic carbocycles. The predicted octanol–water partition coefficient (Wildman–Crippen LogP) is 3.71. The molecule has 1 unspecified atom stereocenters. The molecule has 0 bridgehead atoms. The van der Waals surface area contributed by atoms with Gasteiger partial charge in [-0.25, -0.2) is 0 Å². The van der Waals surface area contributed by atoms with Crippen molar-refractivity contribution in [3.63, 3.8) is 0 Å². The second kappa shape index (κ2) is 7.24. The van der Waals surface area contributed by atoms with Gasteiger partial charge in [-0.2, -0.15) is 0 Å². The summed E-state index contributed by atoms with van der Waals surface area (Å²) in [5, 5.41) is 3.62. The molecule has 0 saturated carbocycles. The van der Waals surface area contributed by atoms with E-state index in [0.29, 0.717) is 11.6 Å². The number of fused-ring (bicyclic) bond motifs is 1. The fourth-order valence-electron chi connectivity index (χ4n) is 3.85. The lowest BCUT2D eigenvalue weighted by Crippen LogP contribution is -2.28. The van der Waals surface area contributed by atoms with Crippen LogP contribution in [0.2, 0.25) is 5.02 Å². The van der Waals surface area contributed by atoms with Crippen LogP contribution in [0.1, 0.15) is 18.9 Å². The Hall–Kier alpha value is -2.53. The first-order valence-corrected chi connectivity index (χ1v) is 9.67. The number of halogens is 1. The molecular formula is C21H22ClN3O2. The van der Waals surface area contributed by atoms with Gasteiger partial charge in [0.2, 0.25) is 11.8 Å². The van der Waals surface area contributed by atoms with Gasteiger partial charge < -0.3 is 15.1 Å². The highest BCUT2D eigenvalue weighted by Crippen LogP contribution is 2.31. The van der Waals surface area contributed by atoms with Gasteiger partial charge in [-0.05, 0) is 55.3 Å². The van der Waals surface area contributed by atoms with Crippen molar-refractivity contribution >= 4 is 40.5 Å². The quantitative estimate of drug-likeness (QED) is 0.875. The van der Waals surface area contributed by atoms with Crippen LogP contribution in [0.15, 0.2) is 42.5 Å². The third kappa shape index (κ3) is 3.52. The molecule has 140 valence electrons. The van der Waals surface area contributed by atoms with Crippen LogP contribution in [0.25, 0.3) is 0 Å². The molecule has 5 nitrogen and oxygen atoms in total. The summed E-state index contributed by atoms with van der Waals surface area (Å²) < 4.78 is 0. The molecule has 1 saturated heterocycles. The summed E-state index contributed by atoms with van der Waals surface area (Å²) in [6, 6.07) is 13.2. The van der Waals surface area contributed by atoms with E-state index in [4.69, 9.17) is 11.6 Å². The Morgan fingerprint density at radius 3 is 2.74 bits per heavy atom. The number of anilines is 3. The fourth-order valence-corrected chi connectivity index (χ4v) is 3.98. The Bertz CT molecular complexity index is 881. The lowest BCUT2D eigenvalue weighted by atomic mass is 10.1. The number of rotatable bonds is 4. The van der Waals surface area contributed by atoms with E-state index in [0.717, 1.165) is 30.9 Å². The Labute approximate surface area is 163 Å². The number of carbonyl (C=O) groups is 2. The average Bonchev–Trinajstić information content (AvgIpc) is 3.25. The smallest absolute Gasteiger partial charge is 0.229 e. The van der Waals surface area contributed by atoms with Gasteiger partial charge in [-0.3, -0.25) is 9.59 Å². The maximum Gasteiger partial charge on any atom is 0.229 e. The Morgan fingerprint density at radius 2 is 2.00 bits per heavy atom. The third-order valence-electron chi connectivity index (χ3n) is 5.36. The van der Waals surface area contributed by atoms with E-state index in [1.54, 1.807) is 29.2 Å². The second-order valence-electron chi connectivity index (χ2n) is 7.04. The van der Waals surface area contributed by atoms with Crippen LogP contribution in [-0.4, -0.2) is 31.4 Å². The maximum absolute atomic E-state index is 12.7. The van der Waals surface area contributed by atoms with E-state index in [2.05, 4.69) is 23.2 Å². The lowest BCUT2D eigenvalue weighted by molar-refractivity contribution is -0.122. The topological polar surface area (TPSA) is 52.7 Å². The van der Waals surface area contributed by atoms with Crippen molar-refractivity contribution < 1.29 is 9.59 Å². The van der Waals surface area contributed by atoms with Crippen molar-refractivity contribution in [2.45, 2.75) is 19.8 Å². The van der Waals surface area contributed by atoms with Crippen LogP contribution in [0.4, 0.5) is 17.1 Å². The van der Waals surface area contributed by atoms with E-state index in [1.807, 2.05) is 12.1 Å². The number of nitrogens with zero attached hydrogens (tertiary/aromatic N) is 2. The molecule has 1 N–H and O–H groups in total. The van der Waals surface area contributed by atoms with Gasteiger partial charge >= 0.3 is 0 Å². The van der Waals surface area contributed by atoms with Gasteiger partial charge in [0, 0.05) is 48.1 Å². The Morgan fingerprint density at radius 1 is 1.22 bits per heavy atom. The van der Waals surface area contributed by atoms with E-state index in [1.165, 1.54) is 11.3 Å². The molecule has 2 aromatic carbocycles. The van der Waals surface area contributed by atoms with Gasteiger partial charge in [0.25, 0.3) is 0 Å². The van der Waals surface area contributed by atoms with Crippen molar-refractivity contribution in [1.82, 2.24) is 0 Å². The third-order valence-corrected chi connectivity index (χ3v) is 5.61. The fraction of sp³-hybridized carbons (Fsp3) is 0.333. The van der Waals surface area contributed by atoms with Gasteiger partial charge in [-0.15, -0.1) is 0 Å². The molecule has 2 aliphatic rings. The van der Waals surface area contributed by atoms with Gasteiger partial charge in [0.05, 0.1) is 5.92 Å². The molecule has 2 heterocycles. The summed E-state index contributed by atoms with van der Waals surface area (Å²) in [5.41, 5.74) is 4.08. The van der Waals surface area contributed by atoms with Crippen LogP contribution in [0, 0.1) is 5.92 Å². The molecule has 0 radical (unpaired) electrons. The van der Waals surface area contributed by atoms with Gasteiger partial charge in [-0.1, -0.05) is 17.7 Å². The molecule has 2 amide bonds. The number of amides is 2. The first kappa shape index (κ1) is 17.9. The highest BCUT2D eigenvalue weighted by atomic mass is 35.5. The minimum absolute atomic E-state index is 0.0383. The van der Waals surface area contributed by atoms with E-state index in [-0.39, 0.29) is 24.2 Å². The monoisotopic (exact) mass is 383 g/mol. The molecule has 4 rings (SSSR count). The summed E-state index contributed by atoms with van der Waals surface area (Å²) >= 11 is 5.91. The summed E-state index contributed by atoms with van der Waals surface area (Å²) in [4.78, 5) is 29.1. The molecule has 0 aromatic heterocycles. The van der Waals surface area contributed by atoms with E-state index in [9.17, 15) is 9.59 Å². The van der Waals surface area contributed by atoms with Crippen LogP contribution in [-0.2, 0) is 16.0 Å². The first-order chi connectivity index (χ1) is 13.0. The number of likely N-dealkylation sites (N-methyl/N-ethyl adjacent to an activating group) is 1. The zero-order valence-corrected chi connectivity index (χ0v) is 16.0. The average molecular weight is 384 g/mol. The molecule has 2 aliphatic heterocycles. The minimum atomic E-state index is -0.358. The van der Waals surface area contributed by atoms with Crippen molar-refractivity contribution in [3.8, 4) is 0 Å². The van der Waals surface area contributed by atoms with Crippen molar-refractivity contribution in [2.24, 2.45) is 5.92 Å². The Kier molecular flexibility index (Phi) is 4.79. The minimum Gasteiger partial charge on any atom is -0.371 e. The first-order valence-electron chi connectivity index (χ1n) is 9.30. The summed E-state index contributed by atoms with van der Waals surface area (Å²) in [6.45, 7) is 4.50. The maximum atomic E-state index is 12.7. The number of nitrogens with one attached hydrogen (secondary N) is 1. The van der Waals surface area contributed by atoms with E-state index >= 15 is 0 Å². The normalized spacial score (nSPS) is 18.7. The highest BCUT2D eigenvalue weighted by Gasteiger charge is 2.35. The highest BCUT2D eigenvalue weighted by molar-refractivity contribution is 6.30. The molecule has 27 heavy (non-hydrogen) atoms. The van der Waals surface area contributed by atoms with Gasteiger partial charge in [0.1, 0.15) is 0 Å².